The minimum absolute atomic E-state index is 0.0268. The molecule has 2 aromatic carbocycles. The Bertz CT molecular complexity index is 1290. The number of hydrogen-bond acceptors (Lipinski definition) is 7. The number of carbonyl (C=O) groups excluding carboxylic acids is 1. The van der Waals surface area contributed by atoms with Gasteiger partial charge in [0.2, 0.25) is 0 Å². The largest absolute Gasteiger partial charge is 0.478 e. The fraction of sp³-hybridized carbons (Fsp3) is 0.0476. The molecule has 0 aliphatic heterocycles. The number of carboxylic acids is 1. The third kappa shape index (κ3) is 5.00. The van der Waals surface area contributed by atoms with Crippen LogP contribution in [-0.2, 0) is 11.8 Å². The van der Waals surface area contributed by atoms with Gasteiger partial charge >= 0.3 is 5.97 Å². The van der Waals surface area contributed by atoms with Crippen LogP contribution in [0.15, 0.2) is 70.5 Å². The Kier molecular flexibility index (Phi) is 6.67. The van der Waals surface area contributed by atoms with Crippen molar-refractivity contribution in [2.75, 3.05) is 5.32 Å². The summed E-state index contributed by atoms with van der Waals surface area (Å²) in [5.41, 5.74) is -0.396. The molecule has 1 amide bonds. The highest BCUT2D eigenvalue weighted by atomic mass is 32.2. The molecular formula is C21H15N5O5S. The van der Waals surface area contributed by atoms with Crippen molar-refractivity contribution in [1.29, 1.82) is 5.26 Å². The molecular weight excluding hydrogens is 434 g/mol. The summed E-state index contributed by atoms with van der Waals surface area (Å²) >= 11 is 1.11. The van der Waals surface area contributed by atoms with Crippen molar-refractivity contribution in [3.8, 4) is 6.07 Å². The van der Waals surface area contributed by atoms with E-state index in [2.05, 4.69) is 10.3 Å². The van der Waals surface area contributed by atoms with E-state index in [1.807, 2.05) is 0 Å². The zero-order chi connectivity index (χ0) is 23.3. The van der Waals surface area contributed by atoms with Gasteiger partial charge in [0, 0.05) is 25.5 Å². The van der Waals surface area contributed by atoms with Gasteiger partial charge in [-0.2, -0.15) is 5.26 Å². The normalized spacial score (nSPS) is 10.9. The standard InChI is InChI=1S/C21H15N5O5S/c1-25-9-8-23-21(25)32-18-7-6-13(11-17(18)26(30)31)10-14(12-22)19(27)24-16-5-3-2-4-15(16)20(28)29/h2-11H,1H3,(H,24,27)(H,28,29)/b14-10+. The lowest BCUT2D eigenvalue weighted by molar-refractivity contribution is -0.387. The van der Waals surface area contributed by atoms with Crippen molar-refractivity contribution >= 4 is 41.1 Å². The third-order valence-electron chi connectivity index (χ3n) is 4.24. The van der Waals surface area contributed by atoms with E-state index in [4.69, 9.17) is 0 Å². The first kappa shape index (κ1) is 22.3. The number of carbonyl (C=O) groups is 2. The van der Waals surface area contributed by atoms with Gasteiger partial charge in [0.25, 0.3) is 11.6 Å². The van der Waals surface area contributed by atoms with E-state index in [1.165, 1.54) is 42.5 Å². The van der Waals surface area contributed by atoms with Crippen molar-refractivity contribution in [2.45, 2.75) is 10.1 Å². The van der Waals surface area contributed by atoms with Crippen molar-refractivity contribution in [3.63, 3.8) is 0 Å². The maximum atomic E-state index is 12.5. The SMILES string of the molecule is Cn1ccnc1Sc1ccc(/C=C(\C#N)C(=O)Nc2ccccc2C(=O)O)cc1[N+](=O)[O-]. The van der Waals surface area contributed by atoms with Crippen LogP contribution in [0.3, 0.4) is 0 Å². The molecule has 0 saturated heterocycles. The number of benzene rings is 2. The van der Waals surface area contributed by atoms with Crippen LogP contribution in [0.5, 0.6) is 0 Å². The van der Waals surface area contributed by atoms with Crippen molar-refractivity contribution in [3.05, 3.63) is 81.7 Å². The van der Waals surface area contributed by atoms with Crippen LogP contribution in [-0.4, -0.2) is 31.5 Å². The summed E-state index contributed by atoms with van der Waals surface area (Å²) in [7, 11) is 1.76. The predicted octanol–water partition coefficient (Wildman–Crippen LogP) is 3.72. The molecule has 0 bridgehead atoms. The number of nitro benzene ring substituents is 1. The molecule has 0 radical (unpaired) electrons. The quantitative estimate of drug-likeness (QED) is 0.240. The average Bonchev–Trinajstić information content (AvgIpc) is 3.17. The molecule has 3 aromatic rings. The van der Waals surface area contributed by atoms with Gasteiger partial charge in [0.15, 0.2) is 5.16 Å². The second kappa shape index (κ2) is 9.59. The summed E-state index contributed by atoms with van der Waals surface area (Å²) < 4.78 is 1.72. The van der Waals surface area contributed by atoms with Crippen LogP contribution in [0.1, 0.15) is 15.9 Å². The minimum Gasteiger partial charge on any atom is -0.478 e. The van der Waals surface area contributed by atoms with Crippen LogP contribution in [0.2, 0.25) is 0 Å². The van der Waals surface area contributed by atoms with E-state index in [1.54, 1.807) is 36.1 Å². The number of para-hydroxylation sites is 1. The molecule has 3 rings (SSSR count). The molecule has 0 aliphatic rings. The average molecular weight is 449 g/mol. The van der Waals surface area contributed by atoms with Crippen LogP contribution >= 0.6 is 11.8 Å². The molecule has 2 N–H and O–H groups in total. The number of nitriles is 1. The smallest absolute Gasteiger partial charge is 0.337 e. The maximum Gasteiger partial charge on any atom is 0.337 e. The summed E-state index contributed by atoms with van der Waals surface area (Å²) in [5.74, 6) is -2.07. The van der Waals surface area contributed by atoms with E-state index < -0.39 is 16.8 Å². The molecule has 0 aliphatic carbocycles. The number of anilines is 1. The minimum atomic E-state index is -1.24. The number of amides is 1. The second-order valence-corrected chi connectivity index (χ2v) is 7.39. The fourth-order valence-electron chi connectivity index (χ4n) is 2.69. The Morgan fingerprint density at radius 2 is 2.06 bits per heavy atom. The number of aryl methyl sites for hydroxylation is 1. The molecule has 160 valence electrons. The zero-order valence-electron chi connectivity index (χ0n) is 16.6. The summed E-state index contributed by atoms with van der Waals surface area (Å²) in [4.78, 5) is 39.3. The predicted molar refractivity (Wildman–Crippen MR) is 116 cm³/mol. The lowest BCUT2D eigenvalue weighted by Crippen LogP contribution is -2.16. The Hall–Kier alpha value is -4.43. The van der Waals surface area contributed by atoms with Gasteiger partial charge in [-0.05, 0) is 41.6 Å². The molecule has 32 heavy (non-hydrogen) atoms. The lowest BCUT2D eigenvalue weighted by atomic mass is 10.1. The van der Waals surface area contributed by atoms with Gasteiger partial charge in [-0.1, -0.05) is 18.2 Å². The summed E-state index contributed by atoms with van der Waals surface area (Å²) in [6.07, 6.45) is 4.48. The highest BCUT2D eigenvalue weighted by Gasteiger charge is 2.19. The van der Waals surface area contributed by atoms with Gasteiger partial charge < -0.3 is 15.0 Å². The van der Waals surface area contributed by atoms with Gasteiger partial charge in [-0.15, -0.1) is 0 Å². The summed E-state index contributed by atoms with van der Waals surface area (Å²) in [6, 6.07) is 11.8. The number of hydrogen-bond donors (Lipinski definition) is 2. The zero-order valence-corrected chi connectivity index (χ0v) is 17.4. The first-order valence-electron chi connectivity index (χ1n) is 8.99. The van der Waals surface area contributed by atoms with E-state index in [0.717, 1.165) is 11.8 Å². The molecule has 11 heteroatoms. The Morgan fingerprint density at radius 3 is 2.69 bits per heavy atom. The third-order valence-corrected chi connectivity index (χ3v) is 5.38. The number of nitrogens with zero attached hydrogens (tertiary/aromatic N) is 4. The number of nitrogens with one attached hydrogen (secondary N) is 1. The highest BCUT2D eigenvalue weighted by Crippen LogP contribution is 2.34. The highest BCUT2D eigenvalue weighted by molar-refractivity contribution is 7.99. The topological polar surface area (TPSA) is 151 Å². The summed E-state index contributed by atoms with van der Waals surface area (Å²) in [5, 5.41) is 33.1. The van der Waals surface area contributed by atoms with E-state index in [9.17, 15) is 30.1 Å². The Balaban J connectivity index is 1.90. The van der Waals surface area contributed by atoms with Crippen molar-refractivity contribution in [2.24, 2.45) is 7.05 Å². The molecule has 10 nitrogen and oxygen atoms in total. The Morgan fingerprint density at radius 1 is 1.31 bits per heavy atom. The molecule has 0 spiro atoms. The molecule has 0 saturated carbocycles. The molecule has 1 aromatic heterocycles. The second-order valence-electron chi connectivity index (χ2n) is 6.38. The van der Waals surface area contributed by atoms with Crippen molar-refractivity contribution < 1.29 is 19.6 Å². The molecule has 0 unspecified atom stereocenters. The number of rotatable bonds is 7. The molecule has 0 atom stereocenters. The first-order chi connectivity index (χ1) is 15.3. The van der Waals surface area contributed by atoms with Gasteiger partial charge in [-0.25, -0.2) is 9.78 Å². The van der Waals surface area contributed by atoms with Crippen molar-refractivity contribution in [1.82, 2.24) is 9.55 Å². The Labute approximate surface area is 186 Å². The lowest BCUT2D eigenvalue weighted by Gasteiger charge is -2.08. The first-order valence-corrected chi connectivity index (χ1v) is 9.81. The number of carboxylic acid groups (broad SMARTS) is 1. The molecule has 0 fully saturated rings. The molecule has 1 heterocycles. The van der Waals surface area contributed by atoms with Gasteiger partial charge in [-0.3, -0.25) is 14.9 Å². The maximum absolute atomic E-state index is 12.5. The number of aromatic nitrogens is 2. The van der Waals surface area contributed by atoms with Gasteiger partial charge in [0.1, 0.15) is 11.6 Å². The monoisotopic (exact) mass is 449 g/mol. The van der Waals surface area contributed by atoms with Crippen LogP contribution in [0, 0.1) is 21.4 Å². The van der Waals surface area contributed by atoms with Crippen LogP contribution in [0.4, 0.5) is 11.4 Å². The van der Waals surface area contributed by atoms with E-state index in [-0.39, 0.29) is 28.1 Å². The number of nitro groups is 1. The van der Waals surface area contributed by atoms with Crippen LogP contribution < -0.4 is 5.32 Å². The number of aromatic carboxylic acids is 1. The summed E-state index contributed by atoms with van der Waals surface area (Å²) in [6.45, 7) is 0. The number of imidazole rings is 1. The fourth-order valence-corrected chi connectivity index (χ4v) is 3.57. The van der Waals surface area contributed by atoms with Gasteiger partial charge in [0.05, 0.1) is 21.1 Å². The van der Waals surface area contributed by atoms with E-state index in [0.29, 0.717) is 10.1 Å². The van der Waals surface area contributed by atoms with Crippen LogP contribution in [0.25, 0.3) is 6.08 Å². The van der Waals surface area contributed by atoms with E-state index >= 15 is 0 Å².